The number of aliphatic hydroxyl groups is 1. The molecule has 0 amide bonds. The van der Waals surface area contributed by atoms with Gasteiger partial charge in [-0.1, -0.05) is 23.2 Å². The van der Waals surface area contributed by atoms with Gasteiger partial charge in [0.15, 0.2) is 0 Å². The van der Waals surface area contributed by atoms with Crippen molar-refractivity contribution in [2.45, 2.75) is 26.9 Å². The first-order valence-electron chi connectivity index (χ1n) is 5.61. The minimum atomic E-state index is -0.825. The Bertz CT molecular complexity index is 588. The summed E-state index contributed by atoms with van der Waals surface area (Å²) in [5, 5.41) is 11.5. The van der Waals surface area contributed by atoms with Crippen molar-refractivity contribution in [3.8, 4) is 0 Å². The van der Waals surface area contributed by atoms with E-state index in [4.69, 9.17) is 27.6 Å². The zero-order chi connectivity index (χ0) is 13.4. The third-order valence-corrected chi connectivity index (χ3v) is 3.72. The number of hydrogen-bond acceptors (Lipinski definition) is 2. The lowest BCUT2D eigenvalue weighted by molar-refractivity contribution is 0.217. The van der Waals surface area contributed by atoms with Crippen molar-refractivity contribution in [2.75, 3.05) is 0 Å². The van der Waals surface area contributed by atoms with Gasteiger partial charge in [-0.05, 0) is 44.5 Å². The van der Waals surface area contributed by atoms with E-state index in [1.165, 1.54) is 0 Å². The Kier molecular flexibility index (Phi) is 3.71. The van der Waals surface area contributed by atoms with Crippen molar-refractivity contribution in [3.05, 3.63) is 56.5 Å². The highest BCUT2D eigenvalue weighted by Crippen LogP contribution is 2.35. The Balaban J connectivity index is 2.54. The van der Waals surface area contributed by atoms with Crippen LogP contribution in [0.2, 0.25) is 10.0 Å². The van der Waals surface area contributed by atoms with E-state index < -0.39 is 6.10 Å². The van der Waals surface area contributed by atoms with Gasteiger partial charge in [-0.3, -0.25) is 0 Å². The molecular weight excluding hydrogens is 271 g/mol. The lowest BCUT2D eigenvalue weighted by atomic mass is 9.98. The van der Waals surface area contributed by atoms with Gasteiger partial charge < -0.3 is 9.52 Å². The average Bonchev–Trinajstić information content (AvgIpc) is 2.56. The minimum Gasteiger partial charge on any atom is -0.466 e. The summed E-state index contributed by atoms with van der Waals surface area (Å²) in [6, 6.07) is 5.05. The van der Waals surface area contributed by atoms with Gasteiger partial charge in [0.05, 0.1) is 0 Å². The van der Waals surface area contributed by atoms with Gasteiger partial charge in [0.1, 0.15) is 17.6 Å². The Labute approximate surface area is 116 Å². The molecule has 1 unspecified atom stereocenters. The highest BCUT2D eigenvalue weighted by Gasteiger charge is 2.22. The molecule has 0 fully saturated rings. The van der Waals surface area contributed by atoms with Crippen molar-refractivity contribution in [1.82, 2.24) is 0 Å². The molecule has 18 heavy (non-hydrogen) atoms. The molecule has 0 bridgehead atoms. The Hall–Kier alpha value is -0.960. The molecule has 96 valence electrons. The van der Waals surface area contributed by atoms with Crippen LogP contribution in [-0.2, 0) is 0 Å². The topological polar surface area (TPSA) is 33.4 Å². The fourth-order valence-corrected chi connectivity index (χ4v) is 2.49. The molecule has 0 aliphatic rings. The van der Waals surface area contributed by atoms with E-state index in [0.717, 1.165) is 16.9 Å². The molecule has 1 N–H and O–H groups in total. The van der Waals surface area contributed by atoms with Crippen LogP contribution in [0.25, 0.3) is 0 Å². The summed E-state index contributed by atoms with van der Waals surface area (Å²) < 4.78 is 5.52. The van der Waals surface area contributed by atoms with Gasteiger partial charge in [0.25, 0.3) is 0 Å². The van der Waals surface area contributed by atoms with Gasteiger partial charge in [-0.15, -0.1) is 0 Å². The largest absolute Gasteiger partial charge is 0.466 e. The quantitative estimate of drug-likeness (QED) is 0.875. The number of aliphatic hydroxyl groups excluding tert-OH is 1. The highest BCUT2D eigenvalue weighted by molar-refractivity contribution is 6.33. The van der Waals surface area contributed by atoms with Crippen LogP contribution >= 0.6 is 23.2 Å². The predicted octanol–water partition coefficient (Wildman–Crippen LogP) is 4.59. The normalized spacial score (nSPS) is 12.8. The monoisotopic (exact) mass is 284 g/mol. The fourth-order valence-electron chi connectivity index (χ4n) is 2.09. The van der Waals surface area contributed by atoms with Crippen molar-refractivity contribution in [3.63, 3.8) is 0 Å². The van der Waals surface area contributed by atoms with Crippen molar-refractivity contribution in [2.24, 2.45) is 0 Å². The zero-order valence-electron chi connectivity index (χ0n) is 10.4. The van der Waals surface area contributed by atoms with E-state index in [9.17, 15) is 5.11 Å². The second kappa shape index (κ2) is 4.96. The molecule has 1 aromatic carbocycles. The predicted molar refractivity (Wildman–Crippen MR) is 73.4 cm³/mol. The molecular formula is C14H14Cl2O2. The molecule has 0 aliphatic carbocycles. The van der Waals surface area contributed by atoms with E-state index in [1.807, 2.05) is 20.8 Å². The molecule has 0 radical (unpaired) electrons. The number of halogens is 2. The Morgan fingerprint density at radius 1 is 1.11 bits per heavy atom. The van der Waals surface area contributed by atoms with E-state index in [0.29, 0.717) is 21.4 Å². The van der Waals surface area contributed by atoms with Crippen molar-refractivity contribution >= 4 is 23.2 Å². The molecule has 1 heterocycles. The maximum absolute atomic E-state index is 10.5. The van der Waals surface area contributed by atoms with E-state index in [1.54, 1.807) is 18.2 Å². The first-order valence-corrected chi connectivity index (χ1v) is 6.37. The number of furan rings is 1. The van der Waals surface area contributed by atoms with Crippen LogP contribution in [0.1, 0.15) is 34.3 Å². The number of aryl methyl sites for hydroxylation is 2. The highest BCUT2D eigenvalue weighted by atomic mass is 35.5. The second-order valence-corrected chi connectivity index (χ2v) is 5.17. The van der Waals surface area contributed by atoms with Gasteiger partial charge in [0.2, 0.25) is 0 Å². The van der Waals surface area contributed by atoms with Crippen LogP contribution in [-0.4, -0.2) is 5.11 Å². The molecule has 0 spiro atoms. The van der Waals surface area contributed by atoms with Crippen molar-refractivity contribution in [1.29, 1.82) is 0 Å². The summed E-state index contributed by atoms with van der Waals surface area (Å²) in [6.45, 7) is 5.62. The van der Waals surface area contributed by atoms with Gasteiger partial charge in [-0.2, -0.15) is 0 Å². The molecule has 2 rings (SSSR count). The van der Waals surface area contributed by atoms with E-state index in [-0.39, 0.29) is 0 Å². The first kappa shape index (κ1) is 13.5. The molecule has 4 heteroatoms. The number of hydrogen-bond donors (Lipinski definition) is 1. The van der Waals surface area contributed by atoms with Gasteiger partial charge in [-0.25, -0.2) is 0 Å². The van der Waals surface area contributed by atoms with Crippen LogP contribution in [0.15, 0.2) is 22.6 Å². The summed E-state index contributed by atoms with van der Waals surface area (Å²) in [7, 11) is 0. The van der Waals surface area contributed by atoms with E-state index in [2.05, 4.69) is 0 Å². The SMILES string of the molecule is Cc1oc(C)c(C(O)c2cc(Cl)ccc2Cl)c1C. The third-order valence-electron chi connectivity index (χ3n) is 3.14. The molecule has 1 atom stereocenters. The zero-order valence-corrected chi connectivity index (χ0v) is 11.9. The summed E-state index contributed by atoms with van der Waals surface area (Å²) in [4.78, 5) is 0. The van der Waals surface area contributed by atoms with Gasteiger partial charge >= 0.3 is 0 Å². The lowest BCUT2D eigenvalue weighted by Crippen LogP contribution is -2.03. The summed E-state index contributed by atoms with van der Waals surface area (Å²) in [5.41, 5.74) is 2.30. The molecule has 0 saturated heterocycles. The van der Waals surface area contributed by atoms with Gasteiger partial charge in [0, 0.05) is 21.2 Å². The molecule has 1 aromatic heterocycles. The maximum Gasteiger partial charge on any atom is 0.109 e. The summed E-state index contributed by atoms with van der Waals surface area (Å²) in [6.07, 6.45) is -0.825. The van der Waals surface area contributed by atoms with Crippen LogP contribution in [0.4, 0.5) is 0 Å². The molecule has 2 aromatic rings. The summed E-state index contributed by atoms with van der Waals surface area (Å²) in [5.74, 6) is 1.51. The van der Waals surface area contributed by atoms with Crippen LogP contribution in [0.5, 0.6) is 0 Å². The minimum absolute atomic E-state index is 0.490. The second-order valence-electron chi connectivity index (χ2n) is 4.32. The summed E-state index contributed by atoms with van der Waals surface area (Å²) >= 11 is 12.0. The Morgan fingerprint density at radius 2 is 1.78 bits per heavy atom. The Morgan fingerprint density at radius 3 is 2.33 bits per heavy atom. The van der Waals surface area contributed by atoms with E-state index >= 15 is 0 Å². The maximum atomic E-state index is 10.5. The molecule has 2 nitrogen and oxygen atoms in total. The van der Waals surface area contributed by atoms with Crippen LogP contribution in [0.3, 0.4) is 0 Å². The third kappa shape index (κ3) is 2.28. The number of rotatable bonds is 2. The average molecular weight is 285 g/mol. The van der Waals surface area contributed by atoms with Crippen molar-refractivity contribution < 1.29 is 9.52 Å². The smallest absolute Gasteiger partial charge is 0.109 e. The first-order chi connectivity index (χ1) is 8.41. The fraction of sp³-hybridized carbons (Fsp3) is 0.286. The molecule has 0 aliphatic heterocycles. The molecule has 0 saturated carbocycles. The number of benzene rings is 1. The van der Waals surface area contributed by atoms with Crippen LogP contribution in [0, 0.1) is 20.8 Å². The van der Waals surface area contributed by atoms with Crippen LogP contribution < -0.4 is 0 Å². The standard InChI is InChI=1S/C14H14Cl2O2/c1-7-8(2)18-9(3)13(7)14(17)11-6-10(15)4-5-12(11)16/h4-6,14,17H,1-3H3. The lowest BCUT2D eigenvalue weighted by Gasteiger charge is -2.13.